The van der Waals surface area contributed by atoms with E-state index in [0.29, 0.717) is 0 Å². The van der Waals surface area contributed by atoms with Gasteiger partial charge in [0.1, 0.15) is 0 Å². The summed E-state index contributed by atoms with van der Waals surface area (Å²) in [6.45, 7) is 3.68. The van der Waals surface area contributed by atoms with Gasteiger partial charge >= 0.3 is 0 Å². The highest BCUT2D eigenvalue weighted by Crippen LogP contribution is 1.91. The summed E-state index contributed by atoms with van der Waals surface area (Å²) in [5, 5.41) is 2.82. The third-order valence-electron chi connectivity index (χ3n) is 1.62. The van der Waals surface area contributed by atoms with Crippen LogP contribution in [0.4, 0.5) is 0 Å². The molecule has 0 unspecified atom stereocenters. The second kappa shape index (κ2) is 5.75. The van der Waals surface area contributed by atoms with Crippen molar-refractivity contribution in [2.45, 2.75) is 13.3 Å². The number of allylic oxidation sites excluding steroid dienone is 1. The van der Waals surface area contributed by atoms with Gasteiger partial charge in [-0.2, -0.15) is 0 Å². The van der Waals surface area contributed by atoms with E-state index in [-0.39, 0.29) is 5.91 Å². The largest absolute Gasteiger partial charge is 0.352 e. The number of nitrogens with one attached hydrogen (secondary N) is 1. The van der Waals surface area contributed by atoms with Crippen molar-refractivity contribution in [2.24, 2.45) is 0 Å². The summed E-state index contributed by atoms with van der Waals surface area (Å²) in [6.07, 6.45) is 4.31. The Morgan fingerprint density at radius 1 is 1.38 bits per heavy atom. The molecule has 0 saturated carbocycles. The van der Waals surface area contributed by atoms with Gasteiger partial charge in [-0.15, -0.1) is 0 Å². The molecule has 3 heteroatoms. The summed E-state index contributed by atoms with van der Waals surface area (Å²) in [4.78, 5) is 11.0. The highest BCUT2D eigenvalue weighted by atomic mass is 16.1. The van der Waals surface area contributed by atoms with Crippen LogP contribution >= 0.6 is 0 Å². The number of carbonyl (C=O) groups is 1. The van der Waals surface area contributed by atoms with E-state index >= 15 is 0 Å². The molecule has 0 aliphatic rings. The molecule has 0 heterocycles. The molecule has 1 amide bonds. The first kappa shape index (κ1) is 12.2. The molecule has 0 rings (SSSR count). The second-order valence-electron chi connectivity index (χ2n) is 4.16. The first-order chi connectivity index (χ1) is 5.95. The molecule has 0 bridgehead atoms. The van der Waals surface area contributed by atoms with Gasteiger partial charge in [-0.25, -0.2) is 0 Å². The molecular formula is C10H21N2O+. The van der Waals surface area contributed by atoms with Crippen LogP contribution in [0.1, 0.15) is 13.3 Å². The Morgan fingerprint density at radius 3 is 2.46 bits per heavy atom. The van der Waals surface area contributed by atoms with E-state index in [1.165, 1.54) is 0 Å². The Hall–Kier alpha value is -0.830. The Bertz CT molecular complexity index is 180. The number of amides is 1. The van der Waals surface area contributed by atoms with Crippen LogP contribution in [0.2, 0.25) is 0 Å². The van der Waals surface area contributed by atoms with E-state index in [4.69, 9.17) is 0 Å². The molecule has 0 atom stereocenters. The molecule has 0 aromatic heterocycles. The monoisotopic (exact) mass is 185 g/mol. The lowest BCUT2D eigenvalue weighted by Crippen LogP contribution is -2.37. The summed E-state index contributed by atoms with van der Waals surface area (Å²) >= 11 is 0. The van der Waals surface area contributed by atoms with Crippen molar-refractivity contribution in [2.75, 3.05) is 34.2 Å². The SMILES string of the molecule is CC=CC(=O)NCCC[N+](C)(C)C. The number of carbonyl (C=O) groups excluding carboxylic acids is 1. The summed E-state index contributed by atoms with van der Waals surface area (Å²) in [7, 11) is 6.44. The van der Waals surface area contributed by atoms with Crippen molar-refractivity contribution in [1.82, 2.24) is 5.32 Å². The summed E-state index contributed by atoms with van der Waals surface area (Å²) in [6, 6.07) is 0. The summed E-state index contributed by atoms with van der Waals surface area (Å²) in [5.74, 6) is 0.00362. The van der Waals surface area contributed by atoms with Gasteiger partial charge in [0.25, 0.3) is 0 Å². The van der Waals surface area contributed by atoms with Crippen molar-refractivity contribution in [3.8, 4) is 0 Å². The molecule has 0 aromatic carbocycles. The number of hydrogen-bond acceptors (Lipinski definition) is 1. The normalized spacial score (nSPS) is 12.0. The van der Waals surface area contributed by atoms with Crippen LogP contribution < -0.4 is 5.32 Å². The second-order valence-corrected chi connectivity index (χ2v) is 4.16. The van der Waals surface area contributed by atoms with E-state index in [0.717, 1.165) is 24.0 Å². The van der Waals surface area contributed by atoms with E-state index < -0.39 is 0 Å². The number of rotatable bonds is 5. The van der Waals surface area contributed by atoms with Gasteiger partial charge in [-0.1, -0.05) is 6.08 Å². The van der Waals surface area contributed by atoms with Gasteiger partial charge in [-0.3, -0.25) is 4.79 Å². The van der Waals surface area contributed by atoms with Crippen LogP contribution in [0.25, 0.3) is 0 Å². The van der Waals surface area contributed by atoms with Crippen molar-refractivity contribution in [3.05, 3.63) is 12.2 Å². The van der Waals surface area contributed by atoms with Crippen LogP contribution in [0.3, 0.4) is 0 Å². The molecule has 76 valence electrons. The van der Waals surface area contributed by atoms with Crippen LogP contribution in [-0.2, 0) is 4.79 Å². The minimum atomic E-state index is 0.00362. The van der Waals surface area contributed by atoms with Crippen molar-refractivity contribution in [1.29, 1.82) is 0 Å². The molecule has 0 fully saturated rings. The molecule has 13 heavy (non-hydrogen) atoms. The molecule has 0 saturated heterocycles. The quantitative estimate of drug-likeness (QED) is 0.383. The Kier molecular flexibility index (Phi) is 5.39. The average Bonchev–Trinajstić information content (AvgIpc) is 1.97. The maximum atomic E-state index is 11.0. The first-order valence-electron chi connectivity index (χ1n) is 4.66. The lowest BCUT2D eigenvalue weighted by molar-refractivity contribution is -0.870. The Labute approximate surface area is 81.0 Å². The fourth-order valence-electron chi connectivity index (χ4n) is 0.975. The smallest absolute Gasteiger partial charge is 0.243 e. The van der Waals surface area contributed by atoms with Gasteiger partial charge in [0.05, 0.1) is 27.7 Å². The third-order valence-corrected chi connectivity index (χ3v) is 1.62. The lowest BCUT2D eigenvalue weighted by Gasteiger charge is -2.23. The van der Waals surface area contributed by atoms with Crippen LogP contribution in [0.5, 0.6) is 0 Å². The zero-order valence-corrected chi connectivity index (χ0v) is 9.13. The third kappa shape index (κ3) is 9.08. The van der Waals surface area contributed by atoms with Crippen LogP contribution in [0.15, 0.2) is 12.2 Å². The lowest BCUT2D eigenvalue weighted by atomic mass is 10.3. The summed E-state index contributed by atoms with van der Waals surface area (Å²) < 4.78 is 0.944. The molecular weight excluding hydrogens is 164 g/mol. The van der Waals surface area contributed by atoms with Gasteiger partial charge in [-0.05, 0) is 13.0 Å². The zero-order valence-electron chi connectivity index (χ0n) is 9.13. The van der Waals surface area contributed by atoms with E-state index in [9.17, 15) is 4.79 Å². The molecule has 0 aromatic rings. The molecule has 0 aliphatic heterocycles. The maximum absolute atomic E-state index is 11.0. The minimum absolute atomic E-state index is 0.00362. The first-order valence-corrected chi connectivity index (χ1v) is 4.66. The zero-order chi connectivity index (χ0) is 10.3. The molecule has 0 spiro atoms. The van der Waals surface area contributed by atoms with Gasteiger partial charge in [0.2, 0.25) is 5.91 Å². The number of quaternary nitrogens is 1. The van der Waals surface area contributed by atoms with E-state index in [1.54, 1.807) is 12.2 Å². The van der Waals surface area contributed by atoms with Crippen LogP contribution in [-0.4, -0.2) is 44.6 Å². The Morgan fingerprint density at radius 2 is 2.00 bits per heavy atom. The number of nitrogens with zero attached hydrogens (tertiary/aromatic N) is 1. The molecule has 3 nitrogen and oxygen atoms in total. The van der Waals surface area contributed by atoms with E-state index in [2.05, 4.69) is 26.5 Å². The maximum Gasteiger partial charge on any atom is 0.243 e. The van der Waals surface area contributed by atoms with Gasteiger partial charge in [0, 0.05) is 13.0 Å². The Balaban J connectivity index is 3.41. The van der Waals surface area contributed by atoms with Crippen molar-refractivity contribution in [3.63, 3.8) is 0 Å². The topological polar surface area (TPSA) is 29.1 Å². The van der Waals surface area contributed by atoms with Gasteiger partial charge < -0.3 is 9.80 Å². The molecule has 0 radical (unpaired) electrons. The summed E-state index contributed by atoms with van der Waals surface area (Å²) in [5.41, 5.74) is 0. The molecule has 0 aliphatic carbocycles. The predicted octanol–water partition coefficient (Wildman–Crippen LogP) is 0.775. The minimum Gasteiger partial charge on any atom is -0.352 e. The highest BCUT2D eigenvalue weighted by molar-refractivity contribution is 5.87. The molecule has 1 N–H and O–H groups in total. The highest BCUT2D eigenvalue weighted by Gasteiger charge is 2.05. The fourth-order valence-corrected chi connectivity index (χ4v) is 0.975. The van der Waals surface area contributed by atoms with Gasteiger partial charge in [0.15, 0.2) is 0 Å². The van der Waals surface area contributed by atoms with Crippen LogP contribution in [0, 0.1) is 0 Å². The van der Waals surface area contributed by atoms with Crippen molar-refractivity contribution < 1.29 is 9.28 Å². The average molecular weight is 185 g/mol. The standard InChI is InChI=1S/C10H20N2O/c1-5-7-10(13)11-8-6-9-12(2,3)4/h5,7H,6,8-9H2,1-4H3/p+1. The van der Waals surface area contributed by atoms with Crippen molar-refractivity contribution >= 4 is 5.91 Å². The number of hydrogen-bond donors (Lipinski definition) is 1. The predicted molar refractivity (Wildman–Crippen MR) is 55.3 cm³/mol. The fraction of sp³-hybridized carbons (Fsp3) is 0.700. The van der Waals surface area contributed by atoms with E-state index in [1.807, 2.05) is 6.92 Å².